The monoisotopic (exact) mass is 453 g/mol. The standard InChI is InChI=1S/C29H31N3O2/c1-34-27-12-6-5-11-24(27)25(26-21-30-28-13-7-8-16-32(26)28)20-29(33)31-17-14-23(15-18-31)19-22-9-3-2-4-10-22/h2-13,16,21,23,25H,14-15,17-20H2,1H3. The Morgan fingerprint density at radius 2 is 1.74 bits per heavy atom. The molecule has 0 N–H and O–H groups in total. The zero-order valence-corrected chi connectivity index (χ0v) is 19.6. The number of para-hydroxylation sites is 1. The number of fused-ring (bicyclic) bond motifs is 1. The molecule has 2 aromatic carbocycles. The van der Waals surface area contributed by atoms with Gasteiger partial charge in [-0.05, 0) is 48.9 Å². The Morgan fingerprint density at radius 3 is 2.53 bits per heavy atom. The third kappa shape index (κ3) is 4.69. The van der Waals surface area contributed by atoms with Gasteiger partial charge in [-0.3, -0.25) is 4.79 Å². The third-order valence-electron chi connectivity index (χ3n) is 7.03. The Kier molecular flexibility index (Phi) is 6.61. The number of benzene rings is 2. The van der Waals surface area contributed by atoms with Crippen LogP contribution in [0.1, 0.15) is 42.0 Å². The van der Waals surface area contributed by atoms with E-state index in [1.807, 2.05) is 53.7 Å². The predicted molar refractivity (Wildman–Crippen MR) is 134 cm³/mol. The summed E-state index contributed by atoms with van der Waals surface area (Å²) in [4.78, 5) is 20.2. The van der Waals surface area contributed by atoms with Crippen LogP contribution in [0.2, 0.25) is 0 Å². The number of likely N-dealkylation sites (tertiary alicyclic amines) is 1. The first-order valence-corrected chi connectivity index (χ1v) is 12.1. The second kappa shape index (κ2) is 10.1. The largest absolute Gasteiger partial charge is 0.496 e. The van der Waals surface area contributed by atoms with Crippen molar-refractivity contribution in [3.63, 3.8) is 0 Å². The number of piperidine rings is 1. The van der Waals surface area contributed by atoms with Crippen LogP contribution in [0.25, 0.3) is 5.65 Å². The molecule has 1 amide bonds. The minimum Gasteiger partial charge on any atom is -0.496 e. The molecule has 1 aliphatic heterocycles. The van der Waals surface area contributed by atoms with Crippen molar-refractivity contribution in [3.05, 3.63) is 102 Å². The number of carbonyl (C=O) groups is 1. The summed E-state index contributed by atoms with van der Waals surface area (Å²) in [5.74, 6) is 1.49. The minimum atomic E-state index is -0.136. The minimum absolute atomic E-state index is 0.136. The van der Waals surface area contributed by atoms with Crippen LogP contribution < -0.4 is 4.74 Å². The molecule has 0 bridgehead atoms. The molecule has 0 spiro atoms. The van der Waals surface area contributed by atoms with E-state index in [9.17, 15) is 4.79 Å². The number of rotatable bonds is 7. The predicted octanol–water partition coefficient (Wildman–Crippen LogP) is 5.35. The molecule has 1 atom stereocenters. The molecule has 34 heavy (non-hydrogen) atoms. The third-order valence-corrected chi connectivity index (χ3v) is 7.03. The Hall–Kier alpha value is -3.60. The molecule has 4 aromatic rings. The van der Waals surface area contributed by atoms with Gasteiger partial charge >= 0.3 is 0 Å². The maximum Gasteiger partial charge on any atom is 0.223 e. The van der Waals surface area contributed by atoms with Crippen LogP contribution in [-0.4, -0.2) is 40.4 Å². The van der Waals surface area contributed by atoms with E-state index >= 15 is 0 Å². The molecule has 5 rings (SSSR count). The Balaban J connectivity index is 1.34. The number of hydrogen-bond donors (Lipinski definition) is 0. The van der Waals surface area contributed by atoms with Crippen LogP contribution in [0, 0.1) is 5.92 Å². The van der Waals surface area contributed by atoms with Gasteiger partial charge in [0.25, 0.3) is 0 Å². The fraction of sp³-hybridized carbons (Fsp3) is 0.310. The van der Waals surface area contributed by atoms with Crippen molar-refractivity contribution in [1.29, 1.82) is 0 Å². The van der Waals surface area contributed by atoms with Crippen molar-refractivity contribution in [1.82, 2.24) is 14.3 Å². The van der Waals surface area contributed by atoms with Gasteiger partial charge in [-0.15, -0.1) is 0 Å². The van der Waals surface area contributed by atoms with E-state index in [-0.39, 0.29) is 11.8 Å². The van der Waals surface area contributed by atoms with Crippen LogP contribution in [0.4, 0.5) is 0 Å². The number of hydrogen-bond acceptors (Lipinski definition) is 3. The van der Waals surface area contributed by atoms with Crippen LogP contribution in [0.3, 0.4) is 0 Å². The van der Waals surface area contributed by atoms with Crippen LogP contribution >= 0.6 is 0 Å². The number of ether oxygens (including phenoxy) is 1. The Bertz CT molecular complexity index is 1240. The molecule has 1 aliphatic rings. The SMILES string of the molecule is COc1ccccc1C(CC(=O)N1CCC(Cc2ccccc2)CC1)c1cnc2ccccn12. The van der Waals surface area contributed by atoms with E-state index in [1.54, 1.807) is 7.11 Å². The highest BCUT2D eigenvalue weighted by Crippen LogP contribution is 2.35. The van der Waals surface area contributed by atoms with Gasteiger partial charge in [-0.25, -0.2) is 4.98 Å². The maximum atomic E-state index is 13.5. The quantitative estimate of drug-likeness (QED) is 0.379. The van der Waals surface area contributed by atoms with Gasteiger partial charge < -0.3 is 14.0 Å². The van der Waals surface area contributed by atoms with Crippen LogP contribution in [-0.2, 0) is 11.2 Å². The van der Waals surface area contributed by atoms with Crippen molar-refractivity contribution in [2.45, 2.75) is 31.6 Å². The molecule has 2 aromatic heterocycles. The second-order valence-corrected chi connectivity index (χ2v) is 9.12. The lowest BCUT2D eigenvalue weighted by Gasteiger charge is -2.33. The van der Waals surface area contributed by atoms with Gasteiger partial charge in [0.1, 0.15) is 11.4 Å². The van der Waals surface area contributed by atoms with Crippen molar-refractivity contribution < 1.29 is 9.53 Å². The number of methoxy groups -OCH3 is 1. The fourth-order valence-corrected chi connectivity index (χ4v) is 5.18. The molecule has 1 saturated heterocycles. The molecular formula is C29H31N3O2. The lowest BCUT2D eigenvalue weighted by Crippen LogP contribution is -2.39. The van der Waals surface area contributed by atoms with Crippen LogP contribution in [0.5, 0.6) is 5.75 Å². The highest BCUT2D eigenvalue weighted by atomic mass is 16.5. The summed E-state index contributed by atoms with van der Waals surface area (Å²) < 4.78 is 7.76. The van der Waals surface area contributed by atoms with Gasteiger partial charge in [-0.2, -0.15) is 0 Å². The molecule has 174 valence electrons. The van der Waals surface area contributed by atoms with Gasteiger partial charge in [0.2, 0.25) is 5.91 Å². The molecule has 0 saturated carbocycles. The van der Waals surface area contributed by atoms with E-state index in [0.29, 0.717) is 12.3 Å². The average molecular weight is 454 g/mol. The van der Waals surface area contributed by atoms with Gasteiger partial charge in [0.05, 0.1) is 12.8 Å². The molecule has 5 nitrogen and oxygen atoms in total. The number of amides is 1. The first-order valence-electron chi connectivity index (χ1n) is 12.1. The van der Waals surface area contributed by atoms with Crippen LogP contribution in [0.15, 0.2) is 85.2 Å². The summed E-state index contributed by atoms with van der Waals surface area (Å²) in [5.41, 5.74) is 4.29. The number of imidazole rings is 1. The molecule has 0 radical (unpaired) electrons. The highest BCUT2D eigenvalue weighted by Gasteiger charge is 2.29. The summed E-state index contributed by atoms with van der Waals surface area (Å²) in [6.45, 7) is 1.64. The topological polar surface area (TPSA) is 46.8 Å². The average Bonchev–Trinajstić information content (AvgIpc) is 3.32. The Morgan fingerprint density at radius 1 is 1.00 bits per heavy atom. The number of nitrogens with zero attached hydrogens (tertiary/aromatic N) is 3. The summed E-state index contributed by atoms with van der Waals surface area (Å²) in [6, 6.07) is 24.6. The zero-order chi connectivity index (χ0) is 23.3. The number of pyridine rings is 1. The summed E-state index contributed by atoms with van der Waals surface area (Å²) in [5, 5.41) is 0. The van der Waals surface area contributed by atoms with E-state index in [0.717, 1.165) is 55.0 Å². The molecule has 1 fully saturated rings. The highest BCUT2D eigenvalue weighted by molar-refractivity contribution is 5.78. The molecule has 5 heteroatoms. The van der Waals surface area contributed by atoms with E-state index in [1.165, 1.54) is 5.56 Å². The van der Waals surface area contributed by atoms with E-state index < -0.39 is 0 Å². The number of carbonyl (C=O) groups excluding carboxylic acids is 1. The van der Waals surface area contributed by atoms with Gasteiger partial charge in [-0.1, -0.05) is 54.6 Å². The lowest BCUT2D eigenvalue weighted by molar-refractivity contribution is -0.132. The molecule has 0 aliphatic carbocycles. The zero-order valence-electron chi connectivity index (χ0n) is 19.6. The lowest BCUT2D eigenvalue weighted by atomic mass is 9.88. The Labute approximate surface area is 201 Å². The normalized spacial score (nSPS) is 15.4. The smallest absolute Gasteiger partial charge is 0.223 e. The molecular weight excluding hydrogens is 422 g/mol. The van der Waals surface area contributed by atoms with Crippen molar-refractivity contribution in [2.75, 3.05) is 20.2 Å². The summed E-state index contributed by atoms with van der Waals surface area (Å²) >= 11 is 0. The fourth-order valence-electron chi connectivity index (χ4n) is 5.18. The molecule has 1 unspecified atom stereocenters. The van der Waals surface area contributed by atoms with Crippen molar-refractivity contribution in [3.8, 4) is 5.75 Å². The summed E-state index contributed by atoms with van der Waals surface area (Å²) in [7, 11) is 1.68. The first kappa shape index (κ1) is 22.2. The summed E-state index contributed by atoms with van der Waals surface area (Å²) in [6.07, 6.45) is 7.50. The maximum absolute atomic E-state index is 13.5. The van der Waals surface area contributed by atoms with Crippen molar-refractivity contribution >= 4 is 11.6 Å². The van der Waals surface area contributed by atoms with Gasteiger partial charge in [0, 0.05) is 43.4 Å². The van der Waals surface area contributed by atoms with Crippen molar-refractivity contribution in [2.24, 2.45) is 5.92 Å². The second-order valence-electron chi connectivity index (χ2n) is 9.12. The van der Waals surface area contributed by atoms with E-state index in [2.05, 4.69) is 45.8 Å². The molecule has 3 heterocycles. The van der Waals surface area contributed by atoms with E-state index in [4.69, 9.17) is 4.74 Å². The number of aromatic nitrogens is 2. The first-order chi connectivity index (χ1) is 16.7. The van der Waals surface area contributed by atoms with Gasteiger partial charge in [0.15, 0.2) is 0 Å².